The molecule has 150 valence electrons. The molecule has 3 heterocycles. The van der Waals surface area contributed by atoms with E-state index in [4.69, 9.17) is 4.74 Å². The van der Waals surface area contributed by atoms with Gasteiger partial charge in [-0.15, -0.1) is 0 Å². The van der Waals surface area contributed by atoms with Gasteiger partial charge in [-0.05, 0) is 38.2 Å². The van der Waals surface area contributed by atoms with E-state index in [0.29, 0.717) is 45.6 Å². The van der Waals surface area contributed by atoms with E-state index in [1.807, 2.05) is 4.90 Å². The average Bonchev–Trinajstić information content (AvgIpc) is 2.74. The van der Waals surface area contributed by atoms with E-state index in [1.165, 1.54) is 12.3 Å². The minimum Gasteiger partial charge on any atom is -0.371 e. The Kier molecular flexibility index (Phi) is 5.44. The van der Waals surface area contributed by atoms with Crippen LogP contribution in [0.3, 0.4) is 0 Å². The average molecular weight is 387 g/mol. The predicted octanol–water partition coefficient (Wildman–Crippen LogP) is 2.41. The maximum absolute atomic E-state index is 13.4. The number of halogens is 1. The van der Waals surface area contributed by atoms with Crippen molar-refractivity contribution >= 4 is 11.8 Å². The molecular formula is C21H26FN3O3. The smallest absolute Gasteiger partial charge is 0.255 e. The van der Waals surface area contributed by atoms with Gasteiger partial charge in [0.05, 0.1) is 30.5 Å². The zero-order valence-corrected chi connectivity index (χ0v) is 16.0. The van der Waals surface area contributed by atoms with Gasteiger partial charge in [0.25, 0.3) is 5.91 Å². The van der Waals surface area contributed by atoms with E-state index < -0.39 is 11.4 Å². The van der Waals surface area contributed by atoms with E-state index in [9.17, 15) is 14.0 Å². The molecule has 4 rings (SSSR count). The van der Waals surface area contributed by atoms with Crippen molar-refractivity contribution in [2.45, 2.75) is 37.7 Å². The van der Waals surface area contributed by atoms with Gasteiger partial charge in [0.1, 0.15) is 5.82 Å². The number of hydrogen-bond acceptors (Lipinski definition) is 4. The van der Waals surface area contributed by atoms with Gasteiger partial charge in [0.2, 0.25) is 5.91 Å². The van der Waals surface area contributed by atoms with Gasteiger partial charge < -0.3 is 14.5 Å². The number of aromatic nitrogens is 1. The van der Waals surface area contributed by atoms with Crippen LogP contribution in [0.25, 0.3) is 0 Å². The summed E-state index contributed by atoms with van der Waals surface area (Å²) in [6.07, 6.45) is 10.9. The number of likely N-dealkylation sites (tertiary alicyclic amines) is 1. The Balaban J connectivity index is 1.37. The number of hydrogen-bond donors (Lipinski definition) is 0. The van der Waals surface area contributed by atoms with Gasteiger partial charge in [-0.3, -0.25) is 14.6 Å². The summed E-state index contributed by atoms with van der Waals surface area (Å²) in [7, 11) is 0. The molecule has 0 radical (unpaired) electrons. The van der Waals surface area contributed by atoms with Crippen LogP contribution in [0.1, 0.15) is 42.5 Å². The van der Waals surface area contributed by atoms with E-state index in [1.54, 1.807) is 4.90 Å². The summed E-state index contributed by atoms with van der Waals surface area (Å²) in [5.41, 5.74) is -0.159. The van der Waals surface area contributed by atoms with Gasteiger partial charge in [0.15, 0.2) is 0 Å². The van der Waals surface area contributed by atoms with Crippen molar-refractivity contribution in [3.05, 3.63) is 42.0 Å². The van der Waals surface area contributed by atoms with Crippen LogP contribution in [0.4, 0.5) is 4.39 Å². The second-order valence-corrected chi connectivity index (χ2v) is 7.96. The fourth-order valence-corrected chi connectivity index (χ4v) is 4.44. The van der Waals surface area contributed by atoms with Gasteiger partial charge in [-0.25, -0.2) is 4.39 Å². The molecule has 2 saturated heterocycles. The second-order valence-electron chi connectivity index (χ2n) is 7.96. The van der Waals surface area contributed by atoms with Crippen molar-refractivity contribution in [1.82, 2.24) is 14.8 Å². The fourth-order valence-electron chi connectivity index (χ4n) is 4.44. The quantitative estimate of drug-likeness (QED) is 0.731. The number of ether oxygens (including phenoxy) is 1. The lowest BCUT2D eigenvalue weighted by Crippen LogP contribution is -2.59. The third kappa shape index (κ3) is 3.94. The Morgan fingerprint density at radius 2 is 1.96 bits per heavy atom. The van der Waals surface area contributed by atoms with E-state index in [-0.39, 0.29) is 23.3 Å². The molecule has 1 aromatic heterocycles. The van der Waals surface area contributed by atoms with Crippen LogP contribution >= 0.6 is 0 Å². The fraction of sp³-hybridized carbons (Fsp3) is 0.571. The van der Waals surface area contributed by atoms with Crippen molar-refractivity contribution in [3.8, 4) is 0 Å². The van der Waals surface area contributed by atoms with Gasteiger partial charge in [0, 0.05) is 31.7 Å². The molecule has 1 unspecified atom stereocenters. The summed E-state index contributed by atoms with van der Waals surface area (Å²) in [6, 6.07) is 1.22. The molecule has 1 atom stereocenters. The Labute approximate surface area is 164 Å². The third-order valence-corrected chi connectivity index (χ3v) is 6.09. The lowest BCUT2D eigenvalue weighted by atomic mass is 9.87. The monoisotopic (exact) mass is 387 g/mol. The topological polar surface area (TPSA) is 62.7 Å². The largest absolute Gasteiger partial charge is 0.371 e. The number of carbonyl (C=O) groups excluding carboxylic acids is 2. The second kappa shape index (κ2) is 7.99. The number of amides is 2. The lowest BCUT2D eigenvalue weighted by Gasteiger charge is -2.47. The number of carbonyl (C=O) groups is 2. The van der Waals surface area contributed by atoms with Crippen molar-refractivity contribution in [1.29, 1.82) is 0 Å². The molecule has 1 aromatic rings. The van der Waals surface area contributed by atoms with Crippen LogP contribution in [0, 0.1) is 11.7 Å². The molecule has 0 bridgehead atoms. The third-order valence-electron chi connectivity index (χ3n) is 6.09. The van der Waals surface area contributed by atoms with E-state index in [2.05, 4.69) is 17.1 Å². The summed E-state index contributed by atoms with van der Waals surface area (Å²) in [6.45, 7) is 2.71. The molecule has 2 fully saturated rings. The van der Waals surface area contributed by atoms with Crippen molar-refractivity contribution in [2.24, 2.45) is 5.92 Å². The summed E-state index contributed by atoms with van der Waals surface area (Å²) < 4.78 is 19.5. The molecule has 1 aliphatic carbocycles. The first-order chi connectivity index (χ1) is 13.6. The number of pyridine rings is 1. The van der Waals surface area contributed by atoms with Crippen LogP contribution in [0.15, 0.2) is 30.6 Å². The maximum Gasteiger partial charge on any atom is 0.255 e. The zero-order chi connectivity index (χ0) is 19.6. The molecule has 0 aromatic carbocycles. The zero-order valence-electron chi connectivity index (χ0n) is 16.0. The first kappa shape index (κ1) is 19.1. The molecule has 2 aliphatic heterocycles. The highest BCUT2D eigenvalue weighted by Crippen LogP contribution is 2.32. The first-order valence-electron chi connectivity index (χ1n) is 10.0. The number of morpholine rings is 1. The SMILES string of the molecule is O=C(c1cncc(F)c1)N1CCOC2(CCN(C(=O)C3CC=CCC3)CC2)C1. The highest BCUT2D eigenvalue weighted by Gasteiger charge is 2.42. The number of allylic oxidation sites excluding steroid dienone is 2. The Hall–Kier alpha value is -2.28. The summed E-state index contributed by atoms with van der Waals surface area (Å²) in [5, 5.41) is 0. The molecule has 6 nitrogen and oxygen atoms in total. The van der Waals surface area contributed by atoms with E-state index in [0.717, 1.165) is 25.5 Å². The maximum atomic E-state index is 13.4. The van der Waals surface area contributed by atoms with Crippen LogP contribution in [-0.4, -0.2) is 65.0 Å². The lowest BCUT2D eigenvalue weighted by molar-refractivity contribution is -0.150. The molecule has 2 amide bonds. The summed E-state index contributed by atoms with van der Waals surface area (Å²) in [4.78, 5) is 33.0. The molecule has 0 saturated carbocycles. The standard InChI is InChI=1S/C21H26FN3O3/c22-18-12-17(13-23-14-18)20(27)25-10-11-28-21(15-25)6-8-24(9-7-21)19(26)16-4-2-1-3-5-16/h1-2,12-14,16H,3-11,15H2. The highest BCUT2D eigenvalue weighted by molar-refractivity contribution is 5.94. The first-order valence-corrected chi connectivity index (χ1v) is 10.0. The summed E-state index contributed by atoms with van der Waals surface area (Å²) in [5.74, 6) is -0.390. The van der Waals surface area contributed by atoms with Crippen LogP contribution in [-0.2, 0) is 9.53 Å². The molecule has 3 aliphatic rings. The number of piperidine rings is 1. The van der Waals surface area contributed by atoms with Crippen molar-refractivity contribution in [2.75, 3.05) is 32.8 Å². The molecule has 7 heteroatoms. The normalized spacial score (nSPS) is 24.4. The van der Waals surface area contributed by atoms with Crippen LogP contribution < -0.4 is 0 Å². The molecule has 1 spiro atoms. The predicted molar refractivity (Wildman–Crippen MR) is 101 cm³/mol. The van der Waals surface area contributed by atoms with E-state index >= 15 is 0 Å². The summed E-state index contributed by atoms with van der Waals surface area (Å²) >= 11 is 0. The van der Waals surface area contributed by atoms with Crippen molar-refractivity contribution < 1.29 is 18.7 Å². The van der Waals surface area contributed by atoms with Gasteiger partial charge in [-0.2, -0.15) is 0 Å². The number of nitrogens with zero attached hydrogens (tertiary/aromatic N) is 3. The van der Waals surface area contributed by atoms with Crippen molar-refractivity contribution in [3.63, 3.8) is 0 Å². The molecular weight excluding hydrogens is 361 g/mol. The van der Waals surface area contributed by atoms with Crippen LogP contribution in [0.2, 0.25) is 0 Å². The van der Waals surface area contributed by atoms with Gasteiger partial charge in [-0.1, -0.05) is 12.2 Å². The minimum absolute atomic E-state index is 0.102. The Morgan fingerprint density at radius 3 is 2.68 bits per heavy atom. The van der Waals surface area contributed by atoms with Gasteiger partial charge >= 0.3 is 0 Å². The van der Waals surface area contributed by atoms with Crippen LogP contribution in [0.5, 0.6) is 0 Å². The Morgan fingerprint density at radius 1 is 1.14 bits per heavy atom. The molecule has 0 N–H and O–H groups in total. The molecule has 28 heavy (non-hydrogen) atoms. The number of rotatable bonds is 2. The highest BCUT2D eigenvalue weighted by atomic mass is 19.1. The minimum atomic E-state index is -0.516. The Bertz CT molecular complexity index is 774.